The minimum Gasteiger partial charge on any atom is -0.112 e. The lowest BCUT2D eigenvalue weighted by Gasteiger charge is -2.05. The summed E-state index contributed by atoms with van der Waals surface area (Å²) in [6, 6.07) is 21.3. The smallest absolute Gasteiger partial charge is 0.0309 e. The molecule has 2 aromatic rings. The van der Waals surface area contributed by atoms with Crippen LogP contribution in [0, 0.1) is 11.8 Å². The molecule has 0 heteroatoms. The number of rotatable bonds is 2. The zero-order chi connectivity index (χ0) is 13.4. The van der Waals surface area contributed by atoms with Crippen LogP contribution in [-0.2, 0) is 0 Å². The second-order valence-corrected chi connectivity index (χ2v) is 5.83. The Morgan fingerprint density at radius 3 is 1.75 bits per heavy atom. The lowest BCUT2D eigenvalue weighted by Crippen LogP contribution is -1.86. The van der Waals surface area contributed by atoms with Crippen LogP contribution < -0.4 is 0 Å². The van der Waals surface area contributed by atoms with Crippen molar-refractivity contribution in [2.75, 3.05) is 0 Å². The molecule has 0 saturated heterocycles. The van der Waals surface area contributed by atoms with Crippen LogP contribution in [0.5, 0.6) is 0 Å². The molecular weight excluding hydrogens is 240 g/mol. The van der Waals surface area contributed by atoms with Crippen LogP contribution in [-0.4, -0.2) is 0 Å². The molecule has 0 bridgehead atoms. The average Bonchev–Trinajstić information content (AvgIpc) is 2.95. The highest BCUT2D eigenvalue weighted by atomic mass is 14.5. The van der Waals surface area contributed by atoms with Crippen molar-refractivity contribution in [1.82, 2.24) is 0 Å². The first-order valence-electron chi connectivity index (χ1n) is 7.55. The maximum atomic E-state index is 3.76. The van der Waals surface area contributed by atoms with Crippen LogP contribution in [0.2, 0.25) is 0 Å². The van der Waals surface area contributed by atoms with E-state index >= 15 is 0 Å². The van der Waals surface area contributed by atoms with E-state index in [1.807, 2.05) is 0 Å². The summed E-state index contributed by atoms with van der Waals surface area (Å²) < 4.78 is 0. The molecule has 0 aliphatic heterocycles. The quantitative estimate of drug-likeness (QED) is 0.659. The van der Waals surface area contributed by atoms with Crippen LogP contribution in [0.3, 0.4) is 0 Å². The van der Waals surface area contributed by atoms with E-state index in [2.05, 4.69) is 66.4 Å². The molecule has 0 amide bonds. The fourth-order valence-electron chi connectivity index (χ4n) is 3.50. The van der Waals surface area contributed by atoms with E-state index in [-0.39, 0.29) is 0 Å². The Morgan fingerprint density at radius 2 is 1.25 bits per heavy atom. The van der Waals surface area contributed by atoms with Crippen molar-refractivity contribution in [2.24, 2.45) is 11.8 Å². The average molecular weight is 258 g/mol. The van der Waals surface area contributed by atoms with E-state index in [1.54, 1.807) is 5.57 Å². The van der Waals surface area contributed by atoms with Gasteiger partial charge in [0.05, 0.1) is 0 Å². The third kappa shape index (κ3) is 2.03. The molecule has 2 saturated carbocycles. The molecule has 2 aromatic carbocycles. The predicted molar refractivity (Wildman–Crippen MR) is 83.3 cm³/mol. The molecule has 2 atom stereocenters. The molecule has 2 aliphatic rings. The van der Waals surface area contributed by atoms with Gasteiger partial charge in [0, 0.05) is 5.57 Å². The van der Waals surface area contributed by atoms with Crippen molar-refractivity contribution < 1.29 is 0 Å². The molecule has 0 N–H and O–H groups in total. The van der Waals surface area contributed by atoms with Crippen LogP contribution in [0.25, 0.3) is 5.57 Å². The monoisotopic (exact) mass is 258 g/mol. The first kappa shape index (κ1) is 11.8. The van der Waals surface area contributed by atoms with Crippen molar-refractivity contribution in [3.05, 3.63) is 83.1 Å². The number of hydrogen-bond acceptors (Lipinski definition) is 0. The Hall–Kier alpha value is -2.04. The SMILES string of the molecule is C(=C(c1ccccc1)c1ccccc1)=C1C2CCCC12. The van der Waals surface area contributed by atoms with Crippen molar-refractivity contribution >= 4 is 5.57 Å². The van der Waals surface area contributed by atoms with Crippen LogP contribution in [0.1, 0.15) is 30.4 Å². The number of hydrogen-bond donors (Lipinski definition) is 0. The lowest BCUT2D eigenvalue weighted by atomic mass is 9.98. The summed E-state index contributed by atoms with van der Waals surface area (Å²) in [5.74, 6) is 1.69. The first-order chi connectivity index (χ1) is 9.93. The van der Waals surface area contributed by atoms with Crippen molar-refractivity contribution in [3.8, 4) is 0 Å². The highest BCUT2D eigenvalue weighted by Gasteiger charge is 2.47. The normalized spacial score (nSPS) is 23.1. The van der Waals surface area contributed by atoms with Gasteiger partial charge in [-0.1, -0.05) is 67.1 Å². The van der Waals surface area contributed by atoms with Gasteiger partial charge in [-0.05, 0) is 41.4 Å². The van der Waals surface area contributed by atoms with E-state index in [0.717, 1.165) is 11.8 Å². The van der Waals surface area contributed by atoms with Gasteiger partial charge in [0.25, 0.3) is 0 Å². The summed E-state index contributed by atoms with van der Waals surface area (Å²) in [5, 5.41) is 0. The van der Waals surface area contributed by atoms with Gasteiger partial charge in [-0.2, -0.15) is 0 Å². The maximum Gasteiger partial charge on any atom is 0.0309 e. The molecule has 4 rings (SSSR count). The molecule has 0 spiro atoms. The Labute approximate surface area is 120 Å². The van der Waals surface area contributed by atoms with E-state index < -0.39 is 0 Å². The Balaban J connectivity index is 1.85. The molecule has 0 aromatic heterocycles. The Bertz CT molecular complexity index is 619. The van der Waals surface area contributed by atoms with Crippen LogP contribution >= 0.6 is 0 Å². The van der Waals surface area contributed by atoms with Crippen LogP contribution in [0.4, 0.5) is 0 Å². The number of fused-ring (bicyclic) bond motifs is 1. The second-order valence-electron chi connectivity index (χ2n) is 5.83. The molecule has 98 valence electrons. The van der Waals surface area contributed by atoms with Gasteiger partial charge in [-0.3, -0.25) is 0 Å². The Kier molecular flexibility index (Phi) is 2.83. The molecule has 2 unspecified atom stereocenters. The molecule has 0 radical (unpaired) electrons. The third-order valence-electron chi connectivity index (χ3n) is 4.60. The summed E-state index contributed by atoms with van der Waals surface area (Å²) in [4.78, 5) is 0. The summed E-state index contributed by atoms with van der Waals surface area (Å²) in [5.41, 5.74) is 9.14. The van der Waals surface area contributed by atoms with Crippen molar-refractivity contribution in [3.63, 3.8) is 0 Å². The predicted octanol–water partition coefficient (Wildman–Crippen LogP) is 5.07. The second kappa shape index (κ2) is 4.81. The fourth-order valence-corrected chi connectivity index (χ4v) is 3.50. The molecule has 2 fully saturated rings. The van der Waals surface area contributed by atoms with E-state index in [0.29, 0.717) is 0 Å². The minimum atomic E-state index is 0.845. The standard InChI is InChI=1S/C20H18/c1-3-8-15(9-4-1)19(16-10-5-2-6-11-16)14-20-17-12-7-13-18(17)20/h1-6,8-11,17-18H,7,12-13H2. The summed E-state index contributed by atoms with van der Waals surface area (Å²) in [6.45, 7) is 0. The van der Waals surface area contributed by atoms with E-state index in [1.165, 1.54) is 36.0 Å². The van der Waals surface area contributed by atoms with Gasteiger partial charge in [0.15, 0.2) is 0 Å². The highest BCUT2D eigenvalue weighted by Crippen LogP contribution is 2.56. The third-order valence-corrected chi connectivity index (χ3v) is 4.60. The van der Waals surface area contributed by atoms with Gasteiger partial charge < -0.3 is 0 Å². The molecule has 0 heterocycles. The van der Waals surface area contributed by atoms with Gasteiger partial charge in [0.2, 0.25) is 0 Å². The topological polar surface area (TPSA) is 0 Å². The minimum absolute atomic E-state index is 0.845. The zero-order valence-corrected chi connectivity index (χ0v) is 11.5. The largest absolute Gasteiger partial charge is 0.112 e. The highest BCUT2D eigenvalue weighted by molar-refractivity contribution is 5.80. The van der Waals surface area contributed by atoms with Gasteiger partial charge in [-0.25, -0.2) is 0 Å². The number of benzene rings is 2. The van der Waals surface area contributed by atoms with Gasteiger partial charge in [-0.15, -0.1) is 5.73 Å². The lowest BCUT2D eigenvalue weighted by molar-refractivity contribution is 0.793. The summed E-state index contributed by atoms with van der Waals surface area (Å²) >= 11 is 0. The van der Waals surface area contributed by atoms with Crippen molar-refractivity contribution in [1.29, 1.82) is 0 Å². The molecule has 0 nitrogen and oxygen atoms in total. The van der Waals surface area contributed by atoms with Gasteiger partial charge in [0.1, 0.15) is 0 Å². The summed E-state index contributed by atoms with van der Waals surface area (Å²) in [7, 11) is 0. The molecule has 20 heavy (non-hydrogen) atoms. The Morgan fingerprint density at radius 1 is 0.750 bits per heavy atom. The van der Waals surface area contributed by atoms with Crippen molar-refractivity contribution in [2.45, 2.75) is 19.3 Å². The molecular formula is C20H18. The molecule has 2 aliphatic carbocycles. The van der Waals surface area contributed by atoms with E-state index in [4.69, 9.17) is 0 Å². The maximum absolute atomic E-state index is 3.76. The number of allylic oxidation sites excluding steroid dienone is 1. The van der Waals surface area contributed by atoms with E-state index in [9.17, 15) is 0 Å². The zero-order valence-electron chi connectivity index (χ0n) is 11.5. The fraction of sp³-hybridized carbons (Fsp3) is 0.250. The first-order valence-corrected chi connectivity index (χ1v) is 7.55. The van der Waals surface area contributed by atoms with Gasteiger partial charge >= 0.3 is 0 Å². The van der Waals surface area contributed by atoms with Crippen LogP contribution in [0.15, 0.2) is 72.0 Å². The summed E-state index contributed by atoms with van der Waals surface area (Å²) in [6.07, 6.45) is 4.17.